The van der Waals surface area contributed by atoms with Crippen LogP contribution in [0.2, 0.25) is 0 Å². The Kier molecular flexibility index (Phi) is 10.5. The van der Waals surface area contributed by atoms with E-state index in [1.54, 1.807) is 38.2 Å². The van der Waals surface area contributed by atoms with E-state index in [0.29, 0.717) is 7.25 Å². The summed E-state index contributed by atoms with van der Waals surface area (Å²) >= 11 is -2.85. The predicted molar refractivity (Wildman–Crippen MR) is 243 cm³/mol. The number of unbranched alkanes of at least 4 members (excludes halogenated alkanes) is 2. The molecular weight excluding hydrogens is 768 g/mol. The van der Waals surface area contributed by atoms with Gasteiger partial charge in [-0.15, -0.1) is 0 Å². The molecule has 0 bridgehead atoms. The van der Waals surface area contributed by atoms with Gasteiger partial charge in [0.15, 0.2) is 0 Å². The molecule has 0 radical (unpaired) electrons. The SMILES string of the molecule is CCCCC1=Cc2c(-c3cccc(C)c3C)cccc2[CH]1[Zr]([c]1cccc2c1[SiH2]c1ccccc1-2)[CH]1C(CCCC)=Cc2c(-c3cccc(C)c3C)cccc21. The van der Waals surface area contributed by atoms with E-state index in [0.717, 1.165) is 0 Å². The van der Waals surface area contributed by atoms with Crippen LogP contribution in [0, 0.1) is 27.7 Å². The van der Waals surface area contributed by atoms with Crippen LogP contribution in [-0.4, -0.2) is 9.52 Å². The number of aryl methyl sites for hydroxylation is 2. The summed E-state index contributed by atoms with van der Waals surface area (Å²) in [5.74, 6) is 0. The molecule has 0 spiro atoms. The van der Waals surface area contributed by atoms with Gasteiger partial charge in [0.05, 0.1) is 0 Å². The number of benzene rings is 6. The molecule has 0 nitrogen and oxygen atoms in total. The molecule has 2 heteroatoms. The van der Waals surface area contributed by atoms with Crippen LogP contribution < -0.4 is 13.6 Å². The summed E-state index contributed by atoms with van der Waals surface area (Å²) in [6.45, 7) is 13.9. The summed E-state index contributed by atoms with van der Waals surface area (Å²) in [6.07, 6.45) is 12.7. The van der Waals surface area contributed by atoms with Gasteiger partial charge in [0.2, 0.25) is 0 Å². The van der Waals surface area contributed by atoms with E-state index in [9.17, 15) is 0 Å². The molecule has 3 aliphatic rings. The zero-order chi connectivity index (χ0) is 38.5. The van der Waals surface area contributed by atoms with E-state index >= 15 is 0 Å². The average molecular weight is 823 g/mol. The second-order valence-electron chi connectivity index (χ2n) is 16.7. The Balaban J connectivity index is 1.31. The van der Waals surface area contributed by atoms with Crippen LogP contribution in [0.1, 0.15) is 104 Å². The molecule has 0 fully saturated rings. The van der Waals surface area contributed by atoms with Crippen LogP contribution in [0.15, 0.2) is 126 Å². The second kappa shape index (κ2) is 15.7. The maximum absolute atomic E-state index is 2.85. The average Bonchev–Trinajstić information content (AvgIpc) is 3.90. The van der Waals surface area contributed by atoms with Crippen LogP contribution in [0.25, 0.3) is 45.5 Å². The van der Waals surface area contributed by atoms with Crippen molar-refractivity contribution in [3.05, 3.63) is 171 Å². The molecule has 279 valence electrons. The molecule has 0 saturated carbocycles. The standard InChI is InChI=1S/2C21H23.C12H9Si.Zr/c2*1-4-5-9-17-13-18-10-7-12-20(21(18)14-17)19-11-6-8-15(2)16(19)3;1-3-7-11-9(5-1)10-6-2-4-8-12(10)13-11;/h2*6-8,10-14H,4-5,9H2,1-3H3;1-7H,13H2;. The molecule has 0 N–H and O–H groups in total. The molecule has 0 amide bonds. The zero-order valence-corrected chi connectivity index (χ0v) is 38.1. The van der Waals surface area contributed by atoms with Crippen molar-refractivity contribution in [3.63, 3.8) is 0 Å². The van der Waals surface area contributed by atoms with Crippen LogP contribution in [-0.2, 0) is 21.8 Å². The monoisotopic (exact) mass is 821 g/mol. The van der Waals surface area contributed by atoms with Crippen LogP contribution in [0.3, 0.4) is 0 Å². The van der Waals surface area contributed by atoms with E-state index < -0.39 is 31.3 Å². The first-order valence-corrected chi connectivity index (χ1v) is 26.7. The van der Waals surface area contributed by atoms with Crippen molar-refractivity contribution in [2.75, 3.05) is 0 Å². The Labute approximate surface area is 346 Å². The van der Waals surface area contributed by atoms with Gasteiger partial charge < -0.3 is 0 Å². The molecule has 0 aromatic heterocycles. The van der Waals surface area contributed by atoms with Crippen molar-refractivity contribution < 1.29 is 21.8 Å². The Morgan fingerprint density at radius 3 is 1.50 bits per heavy atom. The number of rotatable bonds is 11. The molecule has 2 aliphatic carbocycles. The molecule has 6 aromatic carbocycles. The van der Waals surface area contributed by atoms with Crippen molar-refractivity contribution in [3.8, 4) is 33.4 Å². The first-order valence-electron chi connectivity index (χ1n) is 21.3. The van der Waals surface area contributed by atoms with Crippen molar-refractivity contribution in [1.82, 2.24) is 0 Å². The number of fused-ring (bicyclic) bond motifs is 5. The summed E-state index contributed by atoms with van der Waals surface area (Å²) in [4.78, 5) is 0. The van der Waals surface area contributed by atoms with Gasteiger partial charge in [-0.3, -0.25) is 0 Å². The van der Waals surface area contributed by atoms with Gasteiger partial charge in [-0.05, 0) is 0 Å². The fraction of sp³-hybridized carbons (Fsp3) is 0.259. The molecule has 2 atom stereocenters. The normalized spacial score (nSPS) is 16.7. The fourth-order valence-corrected chi connectivity index (χ4v) is 24.3. The van der Waals surface area contributed by atoms with Gasteiger partial charge in [-0.1, -0.05) is 0 Å². The van der Waals surface area contributed by atoms with E-state index in [2.05, 4.69) is 169 Å². The fourth-order valence-electron chi connectivity index (χ4n) is 10.3. The first kappa shape index (κ1) is 37.5. The third kappa shape index (κ3) is 6.37. The number of allylic oxidation sites excluding steroid dienone is 2. The zero-order valence-electron chi connectivity index (χ0n) is 34.2. The van der Waals surface area contributed by atoms with Crippen molar-refractivity contribution >= 4 is 35.3 Å². The van der Waals surface area contributed by atoms with Crippen LogP contribution in [0.4, 0.5) is 0 Å². The minimum atomic E-state index is -2.85. The van der Waals surface area contributed by atoms with Gasteiger partial charge in [0, 0.05) is 0 Å². The van der Waals surface area contributed by atoms with Gasteiger partial charge >= 0.3 is 349 Å². The molecule has 1 aliphatic heterocycles. The van der Waals surface area contributed by atoms with Gasteiger partial charge in [0.25, 0.3) is 0 Å². The van der Waals surface area contributed by atoms with Crippen molar-refractivity contribution in [1.29, 1.82) is 0 Å². The Morgan fingerprint density at radius 1 is 0.482 bits per heavy atom. The van der Waals surface area contributed by atoms with E-state index in [4.69, 9.17) is 0 Å². The Hall–Kier alpha value is -4.10. The maximum atomic E-state index is 2.71. The molecule has 6 aromatic rings. The predicted octanol–water partition coefficient (Wildman–Crippen LogP) is 12.3. The topological polar surface area (TPSA) is 0 Å². The molecular formula is C54H55SiZr. The summed E-state index contributed by atoms with van der Waals surface area (Å²) < 4.78 is 2.81. The summed E-state index contributed by atoms with van der Waals surface area (Å²) in [5.41, 5.74) is 23.9. The third-order valence-electron chi connectivity index (χ3n) is 13.5. The molecule has 0 saturated heterocycles. The number of hydrogen-bond acceptors (Lipinski definition) is 0. The Morgan fingerprint density at radius 2 is 0.946 bits per heavy atom. The summed E-state index contributed by atoms with van der Waals surface area (Å²) in [6, 6.07) is 45.5. The Bertz CT molecular complexity index is 2420. The van der Waals surface area contributed by atoms with Crippen molar-refractivity contribution in [2.45, 2.75) is 87.3 Å². The summed E-state index contributed by atoms with van der Waals surface area (Å²) in [7, 11) is -0.611. The second-order valence-corrected chi connectivity index (χ2v) is 25.0. The molecule has 56 heavy (non-hydrogen) atoms. The summed E-state index contributed by atoms with van der Waals surface area (Å²) in [5, 5.41) is 3.40. The molecule has 9 rings (SSSR count). The third-order valence-corrected chi connectivity index (χ3v) is 25.6. The molecule has 1 heterocycles. The van der Waals surface area contributed by atoms with Crippen LogP contribution in [0.5, 0.6) is 0 Å². The van der Waals surface area contributed by atoms with Crippen LogP contribution >= 0.6 is 0 Å². The van der Waals surface area contributed by atoms with E-state index in [-0.39, 0.29) is 0 Å². The quantitative estimate of drug-likeness (QED) is 0.114. The van der Waals surface area contributed by atoms with Gasteiger partial charge in [0.1, 0.15) is 0 Å². The van der Waals surface area contributed by atoms with Crippen molar-refractivity contribution in [2.24, 2.45) is 0 Å². The number of hydrogen-bond donors (Lipinski definition) is 0. The minimum absolute atomic E-state index is 0.499. The molecule has 2 unspecified atom stereocenters. The van der Waals surface area contributed by atoms with E-state index in [1.807, 2.05) is 3.27 Å². The van der Waals surface area contributed by atoms with E-state index in [1.165, 1.54) is 99.7 Å². The van der Waals surface area contributed by atoms with Gasteiger partial charge in [-0.2, -0.15) is 0 Å². The first-order chi connectivity index (χ1) is 27.4. The van der Waals surface area contributed by atoms with Gasteiger partial charge in [-0.25, -0.2) is 0 Å².